The molecule has 0 unspecified atom stereocenters. The Morgan fingerprint density at radius 1 is 1.22 bits per heavy atom. The van der Waals surface area contributed by atoms with Gasteiger partial charge in [0.2, 0.25) is 0 Å². The van der Waals surface area contributed by atoms with Crippen molar-refractivity contribution in [2.75, 3.05) is 11.9 Å². The van der Waals surface area contributed by atoms with E-state index < -0.39 is 0 Å². The Kier molecular flexibility index (Phi) is 6.98. The predicted octanol–water partition coefficient (Wildman–Crippen LogP) is 3.83. The van der Waals surface area contributed by atoms with E-state index in [2.05, 4.69) is 22.7 Å². The summed E-state index contributed by atoms with van der Waals surface area (Å²) in [5.74, 6) is 0.455. The molecule has 0 spiro atoms. The Morgan fingerprint density at radius 2 is 1.96 bits per heavy atom. The second-order valence-electron chi connectivity index (χ2n) is 6.38. The van der Waals surface area contributed by atoms with E-state index >= 15 is 0 Å². The summed E-state index contributed by atoms with van der Waals surface area (Å²) in [7, 11) is 0. The smallest absolute Gasteiger partial charge is 0.319 e. The Balaban J connectivity index is 2.10. The molecule has 0 saturated carbocycles. The number of ketones is 1. The summed E-state index contributed by atoms with van der Waals surface area (Å²) in [5, 5.41) is 10.2. The van der Waals surface area contributed by atoms with Gasteiger partial charge in [-0.25, -0.2) is 4.79 Å². The molecule has 0 fully saturated rings. The number of anilines is 1. The van der Waals surface area contributed by atoms with Crippen LogP contribution in [0.1, 0.15) is 54.5 Å². The summed E-state index contributed by atoms with van der Waals surface area (Å²) in [4.78, 5) is 24.0. The third-order valence-corrected chi connectivity index (χ3v) is 4.33. The first-order chi connectivity index (χ1) is 12.9. The maximum Gasteiger partial charge on any atom is 0.319 e. The summed E-state index contributed by atoms with van der Waals surface area (Å²) in [6.45, 7) is 11.1. The molecule has 7 nitrogen and oxygen atoms in total. The SMILES string of the molecule is CCCn1nc(C)c(CNC(=O)Nc2cc(C(C)=O)ccc2OCC)c1C. The van der Waals surface area contributed by atoms with Gasteiger partial charge in [0.05, 0.1) is 18.0 Å². The van der Waals surface area contributed by atoms with Crippen LogP contribution in [0.25, 0.3) is 0 Å². The van der Waals surface area contributed by atoms with Crippen LogP contribution >= 0.6 is 0 Å². The molecule has 0 aliphatic rings. The number of nitrogens with one attached hydrogen (secondary N) is 2. The summed E-state index contributed by atoms with van der Waals surface area (Å²) in [6.07, 6.45) is 1.00. The van der Waals surface area contributed by atoms with E-state index in [-0.39, 0.29) is 11.8 Å². The minimum Gasteiger partial charge on any atom is -0.492 e. The third kappa shape index (κ3) is 5.09. The number of hydrogen-bond donors (Lipinski definition) is 2. The van der Waals surface area contributed by atoms with Crippen LogP contribution in [-0.2, 0) is 13.1 Å². The largest absolute Gasteiger partial charge is 0.492 e. The number of ether oxygens (including phenoxy) is 1. The van der Waals surface area contributed by atoms with E-state index in [1.54, 1.807) is 18.2 Å². The molecule has 2 rings (SSSR count). The molecule has 0 aliphatic heterocycles. The van der Waals surface area contributed by atoms with Crippen molar-refractivity contribution in [2.24, 2.45) is 0 Å². The van der Waals surface area contributed by atoms with Gasteiger partial charge in [-0.1, -0.05) is 6.92 Å². The van der Waals surface area contributed by atoms with E-state index in [1.807, 2.05) is 25.5 Å². The van der Waals surface area contributed by atoms with E-state index in [0.29, 0.717) is 30.2 Å². The first-order valence-corrected chi connectivity index (χ1v) is 9.22. The van der Waals surface area contributed by atoms with Crippen molar-refractivity contribution in [2.45, 2.75) is 54.1 Å². The van der Waals surface area contributed by atoms with E-state index in [4.69, 9.17) is 4.74 Å². The van der Waals surface area contributed by atoms with Crippen LogP contribution in [0.5, 0.6) is 5.75 Å². The standard InChI is InChI=1S/C20H28N4O3/c1-6-10-24-14(4)17(13(3)23-24)12-21-20(26)22-18-11-16(15(5)25)8-9-19(18)27-7-2/h8-9,11H,6-7,10,12H2,1-5H3,(H2,21,22,26). The summed E-state index contributed by atoms with van der Waals surface area (Å²) in [5.41, 5.74) is 3.97. The van der Waals surface area contributed by atoms with Crippen LogP contribution in [0.2, 0.25) is 0 Å². The average Bonchev–Trinajstić information content (AvgIpc) is 2.88. The highest BCUT2D eigenvalue weighted by Crippen LogP contribution is 2.26. The zero-order valence-electron chi connectivity index (χ0n) is 16.7. The van der Waals surface area contributed by atoms with Gasteiger partial charge in [0.25, 0.3) is 0 Å². The fourth-order valence-electron chi connectivity index (χ4n) is 2.88. The van der Waals surface area contributed by atoms with Gasteiger partial charge >= 0.3 is 6.03 Å². The van der Waals surface area contributed by atoms with Crippen molar-refractivity contribution >= 4 is 17.5 Å². The molecule has 0 atom stereocenters. The quantitative estimate of drug-likeness (QED) is 0.690. The maximum absolute atomic E-state index is 12.4. The number of urea groups is 1. The van der Waals surface area contributed by atoms with Crippen molar-refractivity contribution in [3.63, 3.8) is 0 Å². The molecule has 146 valence electrons. The van der Waals surface area contributed by atoms with Gasteiger partial charge in [0.1, 0.15) is 5.75 Å². The Hall–Kier alpha value is -2.83. The van der Waals surface area contributed by atoms with Crippen molar-refractivity contribution < 1.29 is 14.3 Å². The van der Waals surface area contributed by atoms with Gasteiger partial charge in [-0.3, -0.25) is 9.48 Å². The molecule has 0 saturated heterocycles. The molecule has 7 heteroatoms. The zero-order valence-corrected chi connectivity index (χ0v) is 16.7. The molecule has 0 radical (unpaired) electrons. The van der Waals surface area contributed by atoms with Gasteiger partial charge < -0.3 is 15.4 Å². The zero-order chi connectivity index (χ0) is 20.0. The summed E-state index contributed by atoms with van der Waals surface area (Å²) in [6, 6.07) is 4.64. The monoisotopic (exact) mass is 372 g/mol. The van der Waals surface area contributed by atoms with Crippen LogP contribution in [0.4, 0.5) is 10.5 Å². The van der Waals surface area contributed by atoms with E-state index in [0.717, 1.165) is 29.9 Å². The number of nitrogens with zero attached hydrogens (tertiary/aromatic N) is 2. The fraction of sp³-hybridized carbons (Fsp3) is 0.450. The molecule has 2 amide bonds. The number of aryl methyl sites for hydroxylation is 2. The topological polar surface area (TPSA) is 85.3 Å². The van der Waals surface area contributed by atoms with Crippen molar-refractivity contribution in [3.05, 3.63) is 40.7 Å². The minimum atomic E-state index is -0.362. The number of hydrogen-bond acceptors (Lipinski definition) is 4. The number of rotatable bonds is 8. The second kappa shape index (κ2) is 9.21. The van der Waals surface area contributed by atoms with E-state index in [9.17, 15) is 9.59 Å². The predicted molar refractivity (Wildman–Crippen MR) is 105 cm³/mol. The van der Waals surface area contributed by atoms with Crippen LogP contribution in [0.15, 0.2) is 18.2 Å². The summed E-state index contributed by atoms with van der Waals surface area (Å²) >= 11 is 0. The first-order valence-electron chi connectivity index (χ1n) is 9.22. The molecule has 1 aromatic carbocycles. The molecule has 0 bridgehead atoms. The van der Waals surface area contributed by atoms with Gasteiger partial charge in [0.15, 0.2) is 5.78 Å². The molecule has 27 heavy (non-hydrogen) atoms. The van der Waals surface area contributed by atoms with Crippen molar-refractivity contribution in [3.8, 4) is 5.75 Å². The normalized spacial score (nSPS) is 10.6. The van der Waals surface area contributed by atoms with Crippen molar-refractivity contribution in [1.29, 1.82) is 0 Å². The minimum absolute atomic E-state index is 0.0731. The molecule has 2 N–H and O–H groups in total. The number of carbonyl (C=O) groups is 2. The Morgan fingerprint density at radius 3 is 2.59 bits per heavy atom. The number of aromatic nitrogens is 2. The molecule has 1 aromatic heterocycles. The highest BCUT2D eigenvalue weighted by atomic mass is 16.5. The molecular weight excluding hydrogens is 344 g/mol. The lowest BCUT2D eigenvalue weighted by atomic mass is 10.1. The van der Waals surface area contributed by atoms with Gasteiger partial charge in [-0.2, -0.15) is 5.10 Å². The Bertz CT molecular complexity index is 827. The molecule has 0 aliphatic carbocycles. The fourth-order valence-corrected chi connectivity index (χ4v) is 2.88. The third-order valence-electron chi connectivity index (χ3n) is 4.33. The lowest BCUT2D eigenvalue weighted by Gasteiger charge is -2.13. The number of amides is 2. The van der Waals surface area contributed by atoms with Crippen LogP contribution < -0.4 is 15.4 Å². The second-order valence-corrected chi connectivity index (χ2v) is 6.38. The van der Waals surface area contributed by atoms with Crippen LogP contribution in [0.3, 0.4) is 0 Å². The number of carbonyl (C=O) groups excluding carboxylic acids is 2. The first kappa shape index (κ1) is 20.5. The van der Waals surface area contributed by atoms with Gasteiger partial charge in [-0.05, 0) is 52.3 Å². The average molecular weight is 372 g/mol. The number of benzene rings is 1. The number of Topliss-reactive ketones (excluding diaryl/α,β-unsaturated/α-hetero) is 1. The van der Waals surface area contributed by atoms with E-state index in [1.165, 1.54) is 6.92 Å². The van der Waals surface area contributed by atoms with Gasteiger partial charge in [0, 0.05) is 29.9 Å². The molecule has 2 aromatic rings. The molecule has 1 heterocycles. The highest BCUT2D eigenvalue weighted by molar-refractivity contribution is 5.97. The Labute approximate surface area is 160 Å². The highest BCUT2D eigenvalue weighted by Gasteiger charge is 2.14. The lowest BCUT2D eigenvalue weighted by molar-refractivity contribution is 0.101. The maximum atomic E-state index is 12.4. The van der Waals surface area contributed by atoms with Crippen LogP contribution in [-0.4, -0.2) is 28.2 Å². The van der Waals surface area contributed by atoms with Crippen molar-refractivity contribution in [1.82, 2.24) is 15.1 Å². The summed E-state index contributed by atoms with van der Waals surface area (Å²) < 4.78 is 7.50. The van der Waals surface area contributed by atoms with Gasteiger partial charge in [-0.15, -0.1) is 0 Å². The lowest BCUT2D eigenvalue weighted by Crippen LogP contribution is -2.29. The van der Waals surface area contributed by atoms with Crippen LogP contribution in [0, 0.1) is 13.8 Å². The molecular formula is C20H28N4O3.